The van der Waals surface area contributed by atoms with E-state index in [1.165, 1.54) is 44.9 Å². The van der Waals surface area contributed by atoms with Gasteiger partial charge in [0.25, 0.3) is 0 Å². The molecule has 0 amide bonds. The lowest BCUT2D eigenvalue weighted by atomic mass is 9.88. The summed E-state index contributed by atoms with van der Waals surface area (Å²) < 4.78 is 0. The molecule has 0 aromatic carbocycles. The number of carbonyl (C=O) groups is 1. The molecule has 0 spiro atoms. The van der Waals surface area contributed by atoms with E-state index in [1.54, 1.807) is 0 Å². The van der Waals surface area contributed by atoms with Crippen LogP contribution in [-0.2, 0) is 4.79 Å². The number of unbranched alkanes of at least 4 members (excludes halogenated alkanes) is 7. The van der Waals surface area contributed by atoms with Crippen LogP contribution in [0.2, 0.25) is 0 Å². The summed E-state index contributed by atoms with van der Waals surface area (Å²) in [5.41, 5.74) is -0.231. The Labute approximate surface area is 107 Å². The van der Waals surface area contributed by atoms with E-state index in [-0.39, 0.29) is 10.5 Å². The maximum atomic E-state index is 11.2. The molecule has 0 aliphatic rings. The number of rotatable bonds is 10. The van der Waals surface area contributed by atoms with Crippen molar-refractivity contribution in [3.05, 3.63) is 0 Å². The summed E-state index contributed by atoms with van der Waals surface area (Å²) in [5, 5.41) is 0.0236. The van der Waals surface area contributed by atoms with Gasteiger partial charge in [-0.2, -0.15) is 0 Å². The molecular formula is C14H28OS. The fourth-order valence-electron chi connectivity index (χ4n) is 1.81. The third kappa shape index (κ3) is 8.20. The summed E-state index contributed by atoms with van der Waals surface area (Å²) in [6.45, 7) is 6.23. The van der Waals surface area contributed by atoms with Gasteiger partial charge in [0.1, 0.15) is 0 Å². The van der Waals surface area contributed by atoms with Gasteiger partial charge in [0.15, 0.2) is 5.12 Å². The van der Waals surface area contributed by atoms with Crippen molar-refractivity contribution in [1.29, 1.82) is 0 Å². The van der Waals surface area contributed by atoms with Crippen LogP contribution in [0, 0.1) is 5.41 Å². The van der Waals surface area contributed by atoms with Crippen LogP contribution in [0.5, 0.6) is 0 Å². The highest BCUT2D eigenvalue weighted by Crippen LogP contribution is 2.26. The predicted molar refractivity (Wildman–Crippen MR) is 75.0 cm³/mol. The van der Waals surface area contributed by atoms with Gasteiger partial charge < -0.3 is 0 Å². The normalized spacial score (nSPS) is 11.8. The largest absolute Gasteiger partial charge is 0.287 e. The van der Waals surface area contributed by atoms with Gasteiger partial charge in [0.05, 0.1) is 0 Å². The highest BCUT2D eigenvalue weighted by atomic mass is 32.1. The predicted octanol–water partition coefficient (Wildman–Crippen LogP) is 5.00. The molecule has 1 nitrogen and oxygen atoms in total. The van der Waals surface area contributed by atoms with Crippen molar-refractivity contribution in [1.82, 2.24) is 0 Å². The Balaban J connectivity index is 3.30. The van der Waals surface area contributed by atoms with E-state index < -0.39 is 0 Å². The highest BCUT2D eigenvalue weighted by Gasteiger charge is 2.23. The standard InChI is InChI=1S/C14H28OS/c1-4-5-6-7-8-9-10-11-12-14(2,3)13(15)16/h4-12H2,1-3H3,(H,15,16). The summed E-state index contributed by atoms with van der Waals surface area (Å²) in [4.78, 5) is 11.2. The van der Waals surface area contributed by atoms with Gasteiger partial charge in [0, 0.05) is 5.41 Å². The summed E-state index contributed by atoms with van der Waals surface area (Å²) in [7, 11) is 0. The van der Waals surface area contributed by atoms with E-state index >= 15 is 0 Å². The van der Waals surface area contributed by atoms with E-state index in [9.17, 15) is 4.79 Å². The zero-order valence-corrected chi connectivity index (χ0v) is 12.1. The van der Waals surface area contributed by atoms with Gasteiger partial charge >= 0.3 is 0 Å². The molecule has 0 aromatic heterocycles. The number of carbonyl (C=O) groups excluding carboxylic acids is 1. The van der Waals surface area contributed by atoms with Crippen molar-refractivity contribution in [2.24, 2.45) is 5.41 Å². The summed E-state index contributed by atoms with van der Waals surface area (Å²) in [6.07, 6.45) is 11.5. The van der Waals surface area contributed by atoms with Crippen LogP contribution in [0.1, 0.15) is 78.6 Å². The molecule has 0 radical (unpaired) electrons. The fraction of sp³-hybridized carbons (Fsp3) is 0.929. The Morgan fingerprint density at radius 2 is 1.38 bits per heavy atom. The van der Waals surface area contributed by atoms with Gasteiger partial charge in [-0.25, -0.2) is 0 Å². The first-order valence-corrected chi connectivity index (χ1v) is 7.19. The molecule has 0 fully saturated rings. The molecule has 0 atom stereocenters. The lowest BCUT2D eigenvalue weighted by Crippen LogP contribution is -2.19. The molecule has 0 aromatic rings. The summed E-state index contributed by atoms with van der Waals surface area (Å²) >= 11 is 3.92. The van der Waals surface area contributed by atoms with Crippen LogP contribution < -0.4 is 0 Å². The van der Waals surface area contributed by atoms with Crippen molar-refractivity contribution in [3.63, 3.8) is 0 Å². The average molecular weight is 244 g/mol. The van der Waals surface area contributed by atoms with Crippen molar-refractivity contribution in [2.75, 3.05) is 0 Å². The topological polar surface area (TPSA) is 17.1 Å². The molecule has 0 saturated carbocycles. The lowest BCUT2D eigenvalue weighted by Gasteiger charge is -2.19. The summed E-state index contributed by atoms with van der Waals surface area (Å²) in [6, 6.07) is 0. The zero-order chi connectivity index (χ0) is 12.4. The highest BCUT2D eigenvalue weighted by molar-refractivity contribution is 7.96. The molecule has 0 saturated heterocycles. The molecule has 0 unspecified atom stereocenters. The molecule has 0 N–H and O–H groups in total. The Kier molecular flexibility index (Phi) is 9.10. The van der Waals surface area contributed by atoms with Gasteiger partial charge in [-0.15, -0.1) is 12.6 Å². The minimum Gasteiger partial charge on any atom is -0.287 e. The Morgan fingerprint density at radius 3 is 1.81 bits per heavy atom. The molecule has 0 heterocycles. The number of hydrogen-bond donors (Lipinski definition) is 1. The van der Waals surface area contributed by atoms with Crippen LogP contribution in [0.4, 0.5) is 0 Å². The van der Waals surface area contributed by atoms with Crippen LogP contribution in [0.25, 0.3) is 0 Å². The summed E-state index contributed by atoms with van der Waals surface area (Å²) in [5.74, 6) is 0. The van der Waals surface area contributed by atoms with E-state index in [0.29, 0.717) is 0 Å². The Bertz CT molecular complexity index is 187. The SMILES string of the molecule is CCCCCCCCCCC(C)(C)C(=O)S. The minimum absolute atomic E-state index is 0.0236. The quantitative estimate of drug-likeness (QED) is 0.423. The number of thiol groups is 1. The third-order valence-electron chi connectivity index (χ3n) is 3.23. The molecule has 0 bridgehead atoms. The van der Waals surface area contributed by atoms with E-state index in [2.05, 4.69) is 19.6 Å². The van der Waals surface area contributed by atoms with Crippen molar-refractivity contribution >= 4 is 17.7 Å². The smallest absolute Gasteiger partial charge is 0.191 e. The zero-order valence-electron chi connectivity index (χ0n) is 11.2. The van der Waals surface area contributed by atoms with Crippen molar-refractivity contribution in [2.45, 2.75) is 78.6 Å². The van der Waals surface area contributed by atoms with Gasteiger partial charge in [-0.3, -0.25) is 4.79 Å². The first-order valence-electron chi connectivity index (χ1n) is 6.74. The lowest BCUT2D eigenvalue weighted by molar-refractivity contribution is -0.118. The third-order valence-corrected chi connectivity index (χ3v) is 3.84. The maximum absolute atomic E-state index is 11.2. The maximum Gasteiger partial charge on any atom is 0.191 e. The second-order valence-electron chi connectivity index (χ2n) is 5.41. The van der Waals surface area contributed by atoms with Crippen LogP contribution in [0.15, 0.2) is 0 Å². The molecule has 16 heavy (non-hydrogen) atoms. The van der Waals surface area contributed by atoms with Gasteiger partial charge in [-0.05, 0) is 6.42 Å². The Morgan fingerprint density at radius 1 is 0.938 bits per heavy atom. The fourth-order valence-corrected chi connectivity index (χ4v) is 1.92. The minimum atomic E-state index is -0.231. The Hall–Kier alpha value is 0.0200. The van der Waals surface area contributed by atoms with Crippen LogP contribution in [0.3, 0.4) is 0 Å². The van der Waals surface area contributed by atoms with Crippen molar-refractivity contribution < 1.29 is 4.79 Å². The molecule has 0 rings (SSSR count). The van der Waals surface area contributed by atoms with Crippen molar-refractivity contribution in [3.8, 4) is 0 Å². The monoisotopic (exact) mass is 244 g/mol. The van der Waals surface area contributed by atoms with Crippen LogP contribution >= 0.6 is 12.6 Å². The number of hydrogen-bond acceptors (Lipinski definition) is 1. The first-order chi connectivity index (χ1) is 7.50. The van der Waals surface area contributed by atoms with Gasteiger partial charge in [0.2, 0.25) is 0 Å². The molecular weight excluding hydrogens is 216 g/mol. The van der Waals surface area contributed by atoms with Crippen LogP contribution in [-0.4, -0.2) is 5.12 Å². The van der Waals surface area contributed by atoms with Gasteiger partial charge in [-0.1, -0.05) is 72.1 Å². The second-order valence-corrected chi connectivity index (χ2v) is 5.82. The first kappa shape index (κ1) is 16.0. The molecule has 2 heteroatoms. The van der Waals surface area contributed by atoms with E-state index in [1.807, 2.05) is 13.8 Å². The molecule has 0 aliphatic carbocycles. The average Bonchev–Trinajstić information content (AvgIpc) is 2.21. The second kappa shape index (κ2) is 9.09. The van der Waals surface area contributed by atoms with E-state index in [4.69, 9.17) is 0 Å². The van der Waals surface area contributed by atoms with E-state index in [0.717, 1.165) is 12.8 Å². The molecule has 96 valence electrons. The molecule has 0 aliphatic heterocycles.